The van der Waals surface area contributed by atoms with Gasteiger partial charge in [0.15, 0.2) is 0 Å². The summed E-state index contributed by atoms with van der Waals surface area (Å²) in [5.74, 6) is 1.65. The van der Waals surface area contributed by atoms with Gasteiger partial charge in [0.05, 0.1) is 0 Å². The van der Waals surface area contributed by atoms with Gasteiger partial charge in [0, 0.05) is 35.6 Å². The van der Waals surface area contributed by atoms with Gasteiger partial charge in [0.1, 0.15) is 5.82 Å². The standard InChI is InChI=1S/C16H19ClN4/c1-12-11-15(21-9-3-2-4-10-21)20-16(18-12)19-14-7-5-13(17)6-8-14/h5-8,11H,2-4,9-10H2,1H3,(H,18,19,20). The zero-order chi connectivity index (χ0) is 14.7. The lowest BCUT2D eigenvalue weighted by atomic mass is 10.1. The second-order valence-corrected chi connectivity index (χ2v) is 5.81. The van der Waals surface area contributed by atoms with E-state index >= 15 is 0 Å². The zero-order valence-corrected chi connectivity index (χ0v) is 12.9. The first-order valence-electron chi connectivity index (χ1n) is 7.34. The Morgan fingerprint density at radius 1 is 1.05 bits per heavy atom. The van der Waals surface area contributed by atoms with E-state index in [-0.39, 0.29) is 0 Å². The summed E-state index contributed by atoms with van der Waals surface area (Å²) < 4.78 is 0. The van der Waals surface area contributed by atoms with Crippen molar-refractivity contribution in [3.8, 4) is 0 Å². The van der Waals surface area contributed by atoms with Crippen LogP contribution in [-0.4, -0.2) is 23.1 Å². The van der Waals surface area contributed by atoms with Crippen molar-refractivity contribution in [3.05, 3.63) is 41.0 Å². The third-order valence-electron chi connectivity index (χ3n) is 3.62. The predicted molar refractivity (Wildman–Crippen MR) is 87.6 cm³/mol. The quantitative estimate of drug-likeness (QED) is 0.924. The molecule has 1 aliphatic heterocycles. The topological polar surface area (TPSA) is 41.1 Å². The number of hydrogen-bond donors (Lipinski definition) is 1. The number of nitrogens with zero attached hydrogens (tertiary/aromatic N) is 3. The molecule has 110 valence electrons. The lowest BCUT2D eigenvalue weighted by Gasteiger charge is -2.28. The number of aromatic nitrogens is 2. The molecule has 4 nitrogen and oxygen atoms in total. The average Bonchev–Trinajstić information content (AvgIpc) is 2.50. The summed E-state index contributed by atoms with van der Waals surface area (Å²) >= 11 is 5.90. The van der Waals surface area contributed by atoms with Crippen LogP contribution in [0, 0.1) is 6.92 Å². The lowest BCUT2D eigenvalue weighted by Crippen LogP contribution is -2.30. The molecule has 1 fully saturated rings. The van der Waals surface area contributed by atoms with Crippen molar-refractivity contribution in [2.45, 2.75) is 26.2 Å². The smallest absolute Gasteiger partial charge is 0.229 e. The average molecular weight is 303 g/mol. The Hall–Kier alpha value is -1.81. The highest BCUT2D eigenvalue weighted by Crippen LogP contribution is 2.22. The van der Waals surface area contributed by atoms with Crippen LogP contribution < -0.4 is 10.2 Å². The molecule has 5 heteroatoms. The van der Waals surface area contributed by atoms with E-state index in [9.17, 15) is 0 Å². The largest absolute Gasteiger partial charge is 0.356 e. The Kier molecular flexibility index (Phi) is 4.25. The van der Waals surface area contributed by atoms with Crippen LogP contribution in [0.25, 0.3) is 0 Å². The minimum absolute atomic E-state index is 0.637. The molecule has 0 spiro atoms. The van der Waals surface area contributed by atoms with E-state index in [4.69, 9.17) is 11.6 Å². The summed E-state index contributed by atoms with van der Waals surface area (Å²) in [6.07, 6.45) is 3.79. The molecule has 21 heavy (non-hydrogen) atoms. The number of hydrogen-bond acceptors (Lipinski definition) is 4. The summed E-state index contributed by atoms with van der Waals surface area (Å²) in [4.78, 5) is 11.4. The molecule has 0 bridgehead atoms. The van der Waals surface area contributed by atoms with Gasteiger partial charge in [-0.2, -0.15) is 4.98 Å². The first-order chi connectivity index (χ1) is 10.2. The molecule has 2 aromatic rings. The first kappa shape index (κ1) is 14.1. The molecule has 1 aliphatic rings. The summed E-state index contributed by atoms with van der Waals surface area (Å²) in [5, 5.41) is 3.97. The zero-order valence-electron chi connectivity index (χ0n) is 12.1. The molecular formula is C16H19ClN4. The summed E-state index contributed by atoms with van der Waals surface area (Å²) in [5.41, 5.74) is 1.91. The molecule has 1 aromatic heterocycles. The molecule has 0 aliphatic carbocycles. The second-order valence-electron chi connectivity index (χ2n) is 5.37. The van der Waals surface area contributed by atoms with Crippen molar-refractivity contribution >= 4 is 29.1 Å². The Morgan fingerprint density at radius 3 is 2.48 bits per heavy atom. The van der Waals surface area contributed by atoms with Gasteiger partial charge >= 0.3 is 0 Å². The van der Waals surface area contributed by atoms with Gasteiger partial charge < -0.3 is 10.2 Å². The van der Waals surface area contributed by atoms with Crippen molar-refractivity contribution in [1.82, 2.24) is 9.97 Å². The maximum Gasteiger partial charge on any atom is 0.229 e. The third-order valence-corrected chi connectivity index (χ3v) is 3.87. The van der Waals surface area contributed by atoms with Crippen LogP contribution >= 0.6 is 11.6 Å². The van der Waals surface area contributed by atoms with Gasteiger partial charge in [0.2, 0.25) is 5.95 Å². The van der Waals surface area contributed by atoms with Gasteiger partial charge in [-0.3, -0.25) is 0 Å². The fourth-order valence-electron chi connectivity index (χ4n) is 2.56. The van der Waals surface area contributed by atoms with Crippen LogP contribution in [0.15, 0.2) is 30.3 Å². The Morgan fingerprint density at radius 2 is 1.76 bits per heavy atom. The highest BCUT2D eigenvalue weighted by Gasteiger charge is 2.13. The van der Waals surface area contributed by atoms with Crippen molar-refractivity contribution in [2.75, 3.05) is 23.3 Å². The van der Waals surface area contributed by atoms with Gasteiger partial charge in [-0.25, -0.2) is 4.98 Å². The predicted octanol–water partition coefficient (Wildman–Crippen LogP) is 4.17. The number of benzene rings is 1. The van der Waals surface area contributed by atoms with Gasteiger partial charge in [-0.05, 0) is 50.5 Å². The second kappa shape index (κ2) is 6.31. The maximum absolute atomic E-state index is 5.90. The van der Waals surface area contributed by atoms with Gasteiger partial charge in [-0.1, -0.05) is 11.6 Å². The van der Waals surface area contributed by atoms with Crippen molar-refractivity contribution in [3.63, 3.8) is 0 Å². The highest BCUT2D eigenvalue weighted by atomic mass is 35.5. The van der Waals surface area contributed by atoms with Gasteiger partial charge in [-0.15, -0.1) is 0 Å². The number of halogens is 1. The number of piperidine rings is 1. The van der Waals surface area contributed by atoms with E-state index in [0.29, 0.717) is 5.95 Å². The van der Waals surface area contributed by atoms with E-state index in [0.717, 1.165) is 35.3 Å². The summed E-state index contributed by atoms with van der Waals surface area (Å²) in [6.45, 7) is 4.16. The maximum atomic E-state index is 5.90. The molecule has 3 rings (SSSR count). The molecule has 1 saturated heterocycles. The molecule has 1 aromatic carbocycles. The molecule has 0 atom stereocenters. The van der Waals surface area contributed by atoms with E-state index in [1.54, 1.807) is 0 Å². The van der Waals surface area contributed by atoms with E-state index in [1.165, 1.54) is 19.3 Å². The van der Waals surface area contributed by atoms with E-state index in [1.807, 2.05) is 31.2 Å². The third kappa shape index (κ3) is 3.64. The summed E-state index contributed by atoms with van der Waals surface area (Å²) in [7, 11) is 0. The SMILES string of the molecule is Cc1cc(N2CCCCC2)nc(Nc2ccc(Cl)cc2)n1. The van der Waals surface area contributed by atoms with Crippen LogP contribution in [0.3, 0.4) is 0 Å². The minimum Gasteiger partial charge on any atom is -0.356 e. The number of rotatable bonds is 3. The Bertz CT molecular complexity index is 606. The van der Waals surface area contributed by atoms with Gasteiger partial charge in [0.25, 0.3) is 0 Å². The van der Waals surface area contributed by atoms with Crippen molar-refractivity contribution in [1.29, 1.82) is 0 Å². The minimum atomic E-state index is 0.637. The van der Waals surface area contributed by atoms with Crippen LogP contribution in [0.4, 0.5) is 17.5 Å². The molecule has 2 heterocycles. The molecule has 0 radical (unpaired) electrons. The van der Waals surface area contributed by atoms with E-state index in [2.05, 4.69) is 26.3 Å². The molecular weight excluding hydrogens is 284 g/mol. The molecule has 0 unspecified atom stereocenters. The molecule has 0 saturated carbocycles. The van der Waals surface area contributed by atoms with Crippen molar-refractivity contribution in [2.24, 2.45) is 0 Å². The van der Waals surface area contributed by atoms with Crippen LogP contribution in [0.2, 0.25) is 5.02 Å². The normalized spacial score (nSPS) is 15.0. The number of anilines is 3. The van der Waals surface area contributed by atoms with Crippen LogP contribution in [0.1, 0.15) is 25.0 Å². The Balaban J connectivity index is 1.81. The highest BCUT2D eigenvalue weighted by molar-refractivity contribution is 6.30. The fourth-order valence-corrected chi connectivity index (χ4v) is 2.68. The lowest BCUT2D eigenvalue weighted by molar-refractivity contribution is 0.573. The molecule has 0 amide bonds. The van der Waals surface area contributed by atoms with Crippen LogP contribution in [0.5, 0.6) is 0 Å². The summed E-state index contributed by atoms with van der Waals surface area (Å²) in [6, 6.07) is 9.61. The number of aryl methyl sites for hydroxylation is 1. The fraction of sp³-hybridized carbons (Fsp3) is 0.375. The first-order valence-corrected chi connectivity index (χ1v) is 7.72. The Labute approximate surface area is 130 Å². The van der Waals surface area contributed by atoms with E-state index < -0.39 is 0 Å². The molecule has 1 N–H and O–H groups in total. The monoisotopic (exact) mass is 302 g/mol. The number of nitrogens with one attached hydrogen (secondary N) is 1. The van der Waals surface area contributed by atoms with Crippen LogP contribution in [-0.2, 0) is 0 Å². The van der Waals surface area contributed by atoms with Crippen molar-refractivity contribution < 1.29 is 0 Å².